The van der Waals surface area contributed by atoms with E-state index in [0.29, 0.717) is 23.6 Å². The smallest absolute Gasteiger partial charge is 0.254 e. The Balaban J connectivity index is 1.85. The molecule has 28 heavy (non-hydrogen) atoms. The van der Waals surface area contributed by atoms with Crippen LogP contribution in [0.1, 0.15) is 34.8 Å². The molecule has 7 nitrogen and oxygen atoms in total. The van der Waals surface area contributed by atoms with Gasteiger partial charge in [0.2, 0.25) is 10.0 Å². The maximum Gasteiger partial charge on any atom is 0.254 e. The number of carbonyl (C=O) groups excluding carboxylic acids is 1. The molecule has 1 saturated heterocycles. The van der Waals surface area contributed by atoms with Crippen LogP contribution in [0.3, 0.4) is 0 Å². The molecule has 1 aliphatic heterocycles. The molecular weight excluding hydrogens is 380 g/mol. The molecule has 1 unspecified atom stereocenters. The molecule has 0 saturated carbocycles. The third kappa shape index (κ3) is 3.83. The third-order valence-electron chi connectivity index (χ3n) is 4.99. The van der Waals surface area contributed by atoms with Crippen molar-refractivity contribution >= 4 is 15.9 Å². The number of methoxy groups -OCH3 is 2. The zero-order chi connectivity index (χ0) is 20.3. The molecule has 1 atom stereocenters. The van der Waals surface area contributed by atoms with Crippen LogP contribution in [0, 0.1) is 0 Å². The van der Waals surface area contributed by atoms with E-state index in [1.807, 2.05) is 23.1 Å². The fourth-order valence-corrected chi connectivity index (χ4v) is 4.21. The molecule has 1 amide bonds. The summed E-state index contributed by atoms with van der Waals surface area (Å²) in [5, 5.41) is 0. The lowest BCUT2D eigenvalue weighted by Crippen LogP contribution is -2.30. The van der Waals surface area contributed by atoms with E-state index >= 15 is 0 Å². The highest BCUT2D eigenvalue weighted by Crippen LogP contribution is 2.37. The normalized spacial score (nSPS) is 16.8. The van der Waals surface area contributed by atoms with Gasteiger partial charge in [0.15, 0.2) is 11.5 Å². The monoisotopic (exact) mass is 404 g/mol. The molecule has 0 aliphatic carbocycles. The molecule has 0 radical (unpaired) electrons. The Morgan fingerprint density at radius 3 is 2.36 bits per heavy atom. The Kier molecular flexibility index (Phi) is 5.90. The van der Waals surface area contributed by atoms with Gasteiger partial charge in [-0.3, -0.25) is 4.79 Å². The average molecular weight is 404 g/mol. The first kappa shape index (κ1) is 20.2. The Hall–Kier alpha value is -2.58. The largest absolute Gasteiger partial charge is 0.493 e. The molecule has 1 fully saturated rings. The van der Waals surface area contributed by atoms with Crippen molar-refractivity contribution in [2.45, 2.75) is 23.8 Å². The van der Waals surface area contributed by atoms with Gasteiger partial charge in [-0.1, -0.05) is 6.07 Å². The van der Waals surface area contributed by atoms with Crippen molar-refractivity contribution in [3.63, 3.8) is 0 Å². The molecule has 2 aromatic rings. The first-order valence-corrected chi connectivity index (χ1v) is 10.5. The third-order valence-corrected chi connectivity index (χ3v) is 6.42. The minimum absolute atomic E-state index is 0.0620. The standard InChI is InChI=1S/C20H24N2O5S/c1-21-28(24,25)16-9-6-14(7-10-16)20(23)22-12-4-5-17(22)15-8-11-18(26-2)19(13-15)27-3/h6-11,13,17,21H,4-5,12H2,1-3H3. The minimum atomic E-state index is -3.53. The molecule has 1 heterocycles. The number of hydrogen-bond donors (Lipinski definition) is 1. The summed E-state index contributed by atoms with van der Waals surface area (Å²) in [5.41, 5.74) is 1.44. The van der Waals surface area contributed by atoms with Crippen molar-refractivity contribution < 1.29 is 22.7 Å². The highest BCUT2D eigenvalue weighted by molar-refractivity contribution is 7.89. The van der Waals surface area contributed by atoms with Crippen molar-refractivity contribution in [1.29, 1.82) is 0 Å². The predicted molar refractivity (Wildman–Crippen MR) is 105 cm³/mol. The number of carbonyl (C=O) groups is 1. The van der Waals surface area contributed by atoms with E-state index in [-0.39, 0.29) is 16.8 Å². The van der Waals surface area contributed by atoms with Crippen LogP contribution in [-0.4, -0.2) is 47.0 Å². The number of nitrogens with zero attached hydrogens (tertiary/aromatic N) is 1. The molecule has 0 spiro atoms. The molecule has 0 aromatic heterocycles. The number of amides is 1. The van der Waals surface area contributed by atoms with Crippen LogP contribution >= 0.6 is 0 Å². The van der Waals surface area contributed by atoms with E-state index in [4.69, 9.17) is 9.47 Å². The van der Waals surface area contributed by atoms with Gasteiger partial charge in [0.25, 0.3) is 5.91 Å². The highest BCUT2D eigenvalue weighted by atomic mass is 32.2. The number of rotatable bonds is 6. The number of ether oxygens (including phenoxy) is 2. The molecule has 150 valence electrons. The van der Waals surface area contributed by atoms with Gasteiger partial charge in [0.05, 0.1) is 25.2 Å². The summed E-state index contributed by atoms with van der Waals surface area (Å²) >= 11 is 0. The number of benzene rings is 2. The lowest BCUT2D eigenvalue weighted by atomic mass is 10.0. The summed E-state index contributed by atoms with van der Waals surface area (Å²) in [5.74, 6) is 1.15. The van der Waals surface area contributed by atoms with Gasteiger partial charge in [-0.05, 0) is 61.9 Å². The second-order valence-corrected chi connectivity index (χ2v) is 8.39. The van der Waals surface area contributed by atoms with Crippen LogP contribution in [0.5, 0.6) is 11.5 Å². The SMILES string of the molecule is CNS(=O)(=O)c1ccc(C(=O)N2CCCC2c2ccc(OC)c(OC)c2)cc1. The van der Waals surface area contributed by atoms with E-state index in [1.165, 1.54) is 19.2 Å². The molecule has 3 rings (SSSR count). The first-order chi connectivity index (χ1) is 13.4. The zero-order valence-electron chi connectivity index (χ0n) is 16.1. The Bertz CT molecular complexity index is 957. The van der Waals surface area contributed by atoms with Gasteiger partial charge in [0.1, 0.15) is 0 Å². The van der Waals surface area contributed by atoms with Gasteiger partial charge in [-0.15, -0.1) is 0 Å². The molecule has 1 aliphatic rings. The second-order valence-electron chi connectivity index (χ2n) is 6.50. The van der Waals surface area contributed by atoms with Crippen LogP contribution in [0.15, 0.2) is 47.4 Å². The number of likely N-dealkylation sites (tertiary alicyclic amines) is 1. The summed E-state index contributed by atoms with van der Waals surface area (Å²) in [6.45, 7) is 0.647. The fraction of sp³-hybridized carbons (Fsp3) is 0.350. The molecule has 8 heteroatoms. The van der Waals surface area contributed by atoms with Crippen molar-refractivity contribution in [2.24, 2.45) is 0 Å². The van der Waals surface area contributed by atoms with Gasteiger partial charge < -0.3 is 14.4 Å². The van der Waals surface area contributed by atoms with E-state index in [2.05, 4.69) is 4.72 Å². The fourth-order valence-electron chi connectivity index (χ4n) is 3.48. The van der Waals surface area contributed by atoms with E-state index in [9.17, 15) is 13.2 Å². The van der Waals surface area contributed by atoms with E-state index in [1.54, 1.807) is 26.4 Å². The summed E-state index contributed by atoms with van der Waals surface area (Å²) in [7, 11) is 0.993. The zero-order valence-corrected chi connectivity index (χ0v) is 17.0. The van der Waals surface area contributed by atoms with Crippen LogP contribution < -0.4 is 14.2 Å². The highest BCUT2D eigenvalue weighted by Gasteiger charge is 2.31. The predicted octanol–water partition coefficient (Wildman–Crippen LogP) is 2.59. The Morgan fingerprint density at radius 1 is 1.07 bits per heavy atom. The lowest BCUT2D eigenvalue weighted by molar-refractivity contribution is 0.0735. The average Bonchev–Trinajstić information content (AvgIpc) is 3.22. The maximum atomic E-state index is 13.0. The summed E-state index contributed by atoms with van der Waals surface area (Å²) in [4.78, 5) is 15.0. The van der Waals surface area contributed by atoms with Gasteiger partial charge in [0, 0.05) is 12.1 Å². The van der Waals surface area contributed by atoms with Crippen LogP contribution in [0.25, 0.3) is 0 Å². The summed E-state index contributed by atoms with van der Waals surface area (Å²) in [6, 6.07) is 11.6. The second kappa shape index (κ2) is 8.20. The van der Waals surface area contributed by atoms with Gasteiger partial charge in [-0.2, -0.15) is 0 Å². The molecule has 0 bridgehead atoms. The van der Waals surface area contributed by atoms with Crippen LogP contribution in [0.4, 0.5) is 0 Å². The number of sulfonamides is 1. The first-order valence-electron chi connectivity index (χ1n) is 8.97. The molecule has 1 N–H and O–H groups in total. The van der Waals surface area contributed by atoms with E-state index < -0.39 is 10.0 Å². The molecule has 2 aromatic carbocycles. The summed E-state index contributed by atoms with van der Waals surface area (Å²) < 4.78 is 36.7. The number of nitrogens with one attached hydrogen (secondary N) is 1. The van der Waals surface area contributed by atoms with Crippen molar-refractivity contribution in [2.75, 3.05) is 27.8 Å². The van der Waals surface area contributed by atoms with Gasteiger partial charge >= 0.3 is 0 Å². The maximum absolute atomic E-state index is 13.0. The quantitative estimate of drug-likeness (QED) is 0.800. The molecular formula is C20H24N2O5S. The van der Waals surface area contributed by atoms with Crippen molar-refractivity contribution in [3.8, 4) is 11.5 Å². The topological polar surface area (TPSA) is 84.9 Å². The van der Waals surface area contributed by atoms with Crippen molar-refractivity contribution in [1.82, 2.24) is 9.62 Å². The van der Waals surface area contributed by atoms with Gasteiger partial charge in [-0.25, -0.2) is 13.1 Å². The Labute approximate surface area is 165 Å². The Morgan fingerprint density at radius 2 is 1.75 bits per heavy atom. The number of hydrogen-bond acceptors (Lipinski definition) is 5. The lowest BCUT2D eigenvalue weighted by Gasteiger charge is -2.26. The van der Waals surface area contributed by atoms with E-state index in [0.717, 1.165) is 18.4 Å². The summed E-state index contributed by atoms with van der Waals surface area (Å²) in [6.07, 6.45) is 1.75. The minimum Gasteiger partial charge on any atom is -0.493 e. The van der Waals surface area contributed by atoms with Crippen molar-refractivity contribution in [3.05, 3.63) is 53.6 Å². The van der Waals surface area contributed by atoms with Crippen LogP contribution in [-0.2, 0) is 10.0 Å². The van der Waals surface area contributed by atoms with Crippen LogP contribution in [0.2, 0.25) is 0 Å².